The van der Waals surface area contributed by atoms with Crippen LogP contribution in [0.1, 0.15) is 40.5 Å². The fraction of sp³-hybridized carbons (Fsp3) is 0.818. The quantitative estimate of drug-likeness (QED) is 0.685. The van der Waals surface area contributed by atoms with Gasteiger partial charge in [0.1, 0.15) is 0 Å². The van der Waals surface area contributed by atoms with Crippen molar-refractivity contribution in [3.63, 3.8) is 0 Å². The van der Waals surface area contributed by atoms with Crippen molar-refractivity contribution in [3.05, 3.63) is 0 Å². The van der Waals surface area contributed by atoms with E-state index in [4.69, 9.17) is 18.0 Å². The maximum Gasteiger partial charge on any atom is 0.220 e. The lowest BCUT2D eigenvalue weighted by Gasteiger charge is -2.21. The Hall–Kier alpha value is -0.640. The molecule has 0 aromatic heterocycles. The molecular formula is C11H22N2OS. The van der Waals surface area contributed by atoms with Gasteiger partial charge in [-0.3, -0.25) is 4.79 Å². The van der Waals surface area contributed by atoms with Crippen LogP contribution in [0.25, 0.3) is 0 Å². The normalized spacial score (nSPS) is 12.9. The van der Waals surface area contributed by atoms with E-state index in [2.05, 4.69) is 19.2 Å². The predicted octanol–water partition coefficient (Wildman–Crippen LogP) is 1.85. The molecule has 0 saturated heterocycles. The van der Waals surface area contributed by atoms with Gasteiger partial charge in [-0.1, -0.05) is 39.9 Å². The van der Waals surface area contributed by atoms with Crippen molar-refractivity contribution in [2.45, 2.75) is 46.6 Å². The monoisotopic (exact) mass is 230 g/mol. The first kappa shape index (κ1) is 14.4. The topological polar surface area (TPSA) is 55.1 Å². The number of amides is 1. The van der Waals surface area contributed by atoms with Gasteiger partial charge in [0.15, 0.2) is 0 Å². The molecule has 0 aliphatic heterocycles. The molecule has 0 heterocycles. The maximum atomic E-state index is 11.5. The highest BCUT2D eigenvalue weighted by molar-refractivity contribution is 7.80. The molecule has 0 aliphatic carbocycles. The second-order valence-corrected chi connectivity index (χ2v) is 5.10. The molecule has 0 radical (unpaired) electrons. The Bertz CT molecular complexity index is 227. The molecule has 1 atom stereocenters. The summed E-state index contributed by atoms with van der Waals surface area (Å²) in [5.74, 6) is 0.818. The largest absolute Gasteiger partial charge is 0.392 e. The van der Waals surface area contributed by atoms with Crippen LogP contribution in [0.4, 0.5) is 0 Å². The molecule has 0 aliphatic rings. The van der Waals surface area contributed by atoms with E-state index in [1.165, 1.54) is 0 Å². The van der Waals surface area contributed by atoms with Crippen LogP contribution in [0.2, 0.25) is 0 Å². The first-order valence-corrected chi connectivity index (χ1v) is 5.84. The first-order valence-electron chi connectivity index (χ1n) is 5.43. The van der Waals surface area contributed by atoms with Crippen LogP contribution in [0, 0.1) is 11.8 Å². The highest BCUT2D eigenvalue weighted by atomic mass is 32.1. The fourth-order valence-electron chi connectivity index (χ4n) is 1.23. The Morgan fingerprint density at radius 2 is 1.87 bits per heavy atom. The highest BCUT2D eigenvalue weighted by Gasteiger charge is 2.18. The van der Waals surface area contributed by atoms with E-state index in [-0.39, 0.29) is 17.9 Å². The third kappa shape index (κ3) is 6.44. The molecule has 0 aromatic rings. The van der Waals surface area contributed by atoms with Crippen LogP contribution in [0.15, 0.2) is 0 Å². The van der Waals surface area contributed by atoms with Gasteiger partial charge in [0.05, 0.1) is 11.0 Å². The molecule has 1 unspecified atom stereocenters. The number of rotatable bonds is 6. The van der Waals surface area contributed by atoms with Gasteiger partial charge in [0.2, 0.25) is 5.91 Å². The van der Waals surface area contributed by atoms with E-state index in [1.54, 1.807) is 0 Å². The van der Waals surface area contributed by atoms with E-state index in [0.717, 1.165) is 6.42 Å². The summed E-state index contributed by atoms with van der Waals surface area (Å²) in [7, 11) is 0. The number of carbonyl (C=O) groups is 1. The van der Waals surface area contributed by atoms with Crippen LogP contribution in [-0.2, 0) is 4.79 Å². The highest BCUT2D eigenvalue weighted by Crippen LogP contribution is 2.06. The van der Waals surface area contributed by atoms with Gasteiger partial charge >= 0.3 is 0 Å². The van der Waals surface area contributed by atoms with E-state index in [0.29, 0.717) is 17.3 Å². The van der Waals surface area contributed by atoms with Crippen molar-refractivity contribution >= 4 is 23.1 Å². The summed E-state index contributed by atoms with van der Waals surface area (Å²) in [5, 5.41) is 2.87. The molecule has 0 aromatic carbocycles. The Balaban J connectivity index is 4.07. The molecular weight excluding hydrogens is 208 g/mol. The van der Waals surface area contributed by atoms with E-state index in [1.807, 2.05) is 13.8 Å². The Morgan fingerprint density at radius 3 is 2.20 bits per heavy atom. The number of nitrogens with one attached hydrogen (secondary N) is 1. The first-order chi connectivity index (χ1) is 6.84. The number of carbonyl (C=O) groups excluding carboxylic acids is 1. The number of nitrogens with two attached hydrogens (primary N) is 1. The predicted molar refractivity (Wildman–Crippen MR) is 67.6 cm³/mol. The minimum Gasteiger partial charge on any atom is -0.392 e. The van der Waals surface area contributed by atoms with Crippen molar-refractivity contribution < 1.29 is 4.79 Å². The number of hydrogen-bond acceptors (Lipinski definition) is 2. The molecule has 1 amide bonds. The lowest BCUT2D eigenvalue weighted by atomic mass is 10.0. The van der Waals surface area contributed by atoms with Crippen LogP contribution in [-0.4, -0.2) is 16.9 Å². The SMILES string of the molecule is CC(C)CCC(=O)NC(C(N)=S)C(C)C. The third-order valence-electron chi connectivity index (χ3n) is 2.24. The Kier molecular flexibility index (Phi) is 6.48. The van der Waals surface area contributed by atoms with Crippen LogP contribution in [0.3, 0.4) is 0 Å². The Morgan fingerprint density at radius 1 is 1.33 bits per heavy atom. The van der Waals surface area contributed by atoms with Gasteiger partial charge in [0, 0.05) is 6.42 Å². The standard InChI is InChI=1S/C11H22N2OS/c1-7(2)5-6-9(14)13-10(8(3)4)11(12)15/h7-8,10H,5-6H2,1-4H3,(H2,12,15)(H,13,14). The smallest absolute Gasteiger partial charge is 0.220 e. The Labute approximate surface area is 97.8 Å². The molecule has 88 valence electrons. The minimum atomic E-state index is -0.181. The summed E-state index contributed by atoms with van der Waals surface area (Å²) in [6.45, 7) is 8.18. The van der Waals surface area contributed by atoms with Gasteiger partial charge < -0.3 is 11.1 Å². The van der Waals surface area contributed by atoms with Gasteiger partial charge in [0.25, 0.3) is 0 Å². The zero-order valence-electron chi connectivity index (χ0n) is 10.0. The van der Waals surface area contributed by atoms with E-state index in [9.17, 15) is 4.79 Å². The van der Waals surface area contributed by atoms with Gasteiger partial charge in [-0.15, -0.1) is 0 Å². The number of hydrogen-bond donors (Lipinski definition) is 2. The summed E-state index contributed by atoms with van der Waals surface area (Å²) in [4.78, 5) is 11.9. The summed E-state index contributed by atoms with van der Waals surface area (Å²) in [5.41, 5.74) is 5.56. The zero-order chi connectivity index (χ0) is 12.0. The average molecular weight is 230 g/mol. The van der Waals surface area contributed by atoms with Crippen LogP contribution in [0.5, 0.6) is 0 Å². The van der Waals surface area contributed by atoms with Crippen LogP contribution < -0.4 is 11.1 Å². The molecule has 0 spiro atoms. The van der Waals surface area contributed by atoms with Gasteiger partial charge in [-0.05, 0) is 18.3 Å². The van der Waals surface area contributed by atoms with Crippen LogP contribution >= 0.6 is 12.2 Å². The van der Waals surface area contributed by atoms with Gasteiger partial charge in [-0.2, -0.15) is 0 Å². The second-order valence-electron chi connectivity index (χ2n) is 4.62. The van der Waals surface area contributed by atoms with Crippen molar-refractivity contribution in [1.29, 1.82) is 0 Å². The molecule has 0 fully saturated rings. The van der Waals surface area contributed by atoms with Crippen molar-refractivity contribution in [1.82, 2.24) is 5.32 Å². The third-order valence-corrected chi connectivity index (χ3v) is 2.49. The maximum absolute atomic E-state index is 11.5. The zero-order valence-corrected chi connectivity index (χ0v) is 10.9. The lowest BCUT2D eigenvalue weighted by molar-refractivity contribution is -0.121. The minimum absolute atomic E-state index is 0.0372. The van der Waals surface area contributed by atoms with Crippen molar-refractivity contribution in [2.75, 3.05) is 0 Å². The van der Waals surface area contributed by atoms with Crippen molar-refractivity contribution in [3.8, 4) is 0 Å². The molecule has 0 rings (SSSR count). The summed E-state index contributed by atoms with van der Waals surface area (Å²) < 4.78 is 0. The number of thiocarbonyl (C=S) groups is 1. The van der Waals surface area contributed by atoms with E-state index >= 15 is 0 Å². The fourth-order valence-corrected chi connectivity index (χ4v) is 1.56. The average Bonchev–Trinajstić information content (AvgIpc) is 2.09. The molecule has 3 N–H and O–H groups in total. The molecule has 0 bridgehead atoms. The molecule has 4 heteroatoms. The summed E-state index contributed by atoms with van der Waals surface area (Å²) in [6.07, 6.45) is 1.44. The summed E-state index contributed by atoms with van der Waals surface area (Å²) >= 11 is 4.91. The molecule has 3 nitrogen and oxygen atoms in total. The molecule has 0 saturated carbocycles. The summed E-state index contributed by atoms with van der Waals surface area (Å²) in [6, 6.07) is -0.181. The van der Waals surface area contributed by atoms with Gasteiger partial charge in [-0.25, -0.2) is 0 Å². The van der Waals surface area contributed by atoms with Crippen molar-refractivity contribution in [2.24, 2.45) is 17.6 Å². The van der Waals surface area contributed by atoms with E-state index < -0.39 is 0 Å². The second kappa shape index (κ2) is 6.77. The lowest BCUT2D eigenvalue weighted by Crippen LogP contribution is -2.46. The molecule has 15 heavy (non-hydrogen) atoms.